The van der Waals surface area contributed by atoms with E-state index in [2.05, 4.69) is 32.9 Å². The van der Waals surface area contributed by atoms with E-state index in [4.69, 9.17) is 10.5 Å². The Morgan fingerprint density at radius 1 is 1.22 bits per heavy atom. The number of nitrogens with two attached hydrogens (primary N) is 1. The molecule has 2 N–H and O–H groups in total. The smallest absolute Gasteiger partial charge is 0.234 e. The molecule has 0 bridgehead atoms. The van der Waals surface area contributed by atoms with Crippen molar-refractivity contribution in [2.45, 2.75) is 39.0 Å². The van der Waals surface area contributed by atoms with Gasteiger partial charge in [-0.2, -0.15) is 0 Å². The van der Waals surface area contributed by atoms with Crippen LogP contribution in [-0.4, -0.2) is 32.7 Å². The van der Waals surface area contributed by atoms with Crippen LogP contribution >= 0.6 is 12.4 Å². The number of carbonyl (C=O) groups is 1. The number of rotatable bonds is 3. The minimum absolute atomic E-state index is 0. The van der Waals surface area contributed by atoms with Gasteiger partial charge in [0.25, 0.3) is 0 Å². The number of amides is 1. The van der Waals surface area contributed by atoms with E-state index in [-0.39, 0.29) is 23.7 Å². The number of ether oxygens (including phenoxy) is 1. The van der Waals surface area contributed by atoms with E-state index in [0.717, 1.165) is 5.69 Å². The second-order valence-electron chi connectivity index (χ2n) is 7.26. The van der Waals surface area contributed by atoms with E-state index in [1.807, 2.05) is 19.2 Å². The number of halogens is 1. The molecule has 1 aromatic carbocycles. The van der Waals surface area contributed by atoms with Crippen molar-refractivity contribution in [1.29, 1.82) is 0 Å². The lowest BCUT2D eigenvalue weighted by atomic mass is 9.79. The van der Waals surface area contributed by atoms with Gasteiger partial charge >= 0.3 is 0 Å². The molecule has 1 fully saturated rings. The quantitative estimate of drug-likeness (QED) is 0.919. The van der Waals surface area contributed by atoms with Gasteiger partial charge in [-0.25, -0.2) is 0 Å². The van der Waals surface area contributed by atoms with Crippen molar-refractivity contribution in [1.82, 2.24) is 0 Å². The molecule has 0 atom stereocenters. The van der Waals surface area contributed by atoms with E-state index in [1.54, 1.807) is 4.90 Å². The number of anilines is 1. The molecule has 1 saturated heterocycles. The molecule has 5 heteroatoms. The third-order valence-corrected chi connectivity index (χ3v) is 4.72. The number of hydrogen-bond acceptors (Lipinski definition) is 3. The molecule has 0 saturated carbocycles. The van der Waals surface area contributed by atoms with Crippen LogP contribution in [0.3, 0.4) is 0 Å². The summed E-state index contributed by atoms with van der Waals surface area (Å²) in [7, 11) is 1.83. The summed E-state index contributed by atoms with van der Waals surface area (Å²) >= 11 is 0. The molecule has 2 rings (SSSR count). The molecule has 23 heavy (non-hydrogen) atoms. The van der Waals surface area contributed by atoms with Gasteiger partial charge in [0.05, 0.1) is 5.41 Å². The predicted octanol–water partition coefficient (Wildman–Crippen LogP) is 3.12. The second kappa shape index (κ2) is 7.65. The fraction of sp³-hybridized carbons (Fsp3) is 0.611. The van der Waals surface area contributed by atoms with Crippen LogP contribution in [0.1, 0.15) is 39.2 Å². The van der Waals surface area contributed by atoms with Gasteiger partial charge in [0.15, 0.2) is 0 Å². The Labute approximate surface area is 145 Å². The Hall–Kier alpha value is -1.10. The molecule has 1 aliphatic heterocycles. The predicted molar refractivity (Wildman–Crippen MR) is 97.3 cm³/mol. The summed E-state index contributed by atoms with van der Waals surface area (Å²) in [6, 6.07) is 8.22. The highest BCUT2D eigenvalue weighted by Crippen LogP contribution is 2.33. The SMILES string of the molecule is CN(C(=O)C1(CN)CCOCC1)c1ccc(C(C)(C)C)cc1.Cl. The number of hydrogen-bond donors (Lipinski definition) is 1. The molecule has 1 aromatic rings. The maximum absolute atomic E-state index is 12.9. The highest BCUT2D eigenvalue weighted by molar-refractivity contribution is 5.97. The Bertz CT molecular complexity index is 517. The van der Waals surface area contributed by atoms with Gasteiger partial charge in [-0.15, -0.1) is 12.4 Å². The summed E-state index contributed by atoms with van der Waals surface area (Å²) < 4.78 is 5.39. The molecule has 1 aliphatic rings. The van der Waals surface area contributed by atoms with Crippen molar-refractivity contribution in [3.8, 4) is 0 Å². The maximum atomic E-state index is 12.9. The van der Waals surface area contributed by atoms with Crippen molar-refractivity contribution in [2.75, 3.05) is 31.7 Å². The summed E-state index contributed by atoms with van der Waals surface area (Å²) in [6.45, 7) is 8.14. The fourth-order valence-electron chi connectivity index (χ4n) is 2.93. The summed E-state index contributed by atoms with van der Waals surface area (Å²) in [5.74, 6) is 0.0989. The van der Waals surface area contributed by atoms with Gasteiger partial charge in [0.2, 0.25) is 5.91 Å². The van der Waals surface area contributed by atoms with Crippen LogP contribution in [0.5, 0.6) is 0 Å². The van der Waals surface area contributed by atoms with Gasteiger partial charge in [-0.05, 0) is 36.0 Å². The second-order valence-corrected chi connectivity index (χ2v) is 7.26. The van der Waals surface area contributed by atoms with Crippen LogP contribution in [0.25, 0.3) is 0 Å². The highest BCUT2D eigenvalue weighted by atomic mass is 35.5. The molecule has 0 aliphatic carbocycles. The fourth-order valence-corrected chi connectivity index (χ4v) is 2.93. The molecule has 0 unspecified atom stereocenters. The van der Waals surface area contributed by atoms with E-state index < -0.39 is 5.41 Å². The molecule has 0 spiro atoms. The average Bonchev–Trinajstić information content (AvgIpc) is 2.53. The molecule has 1 amide bonds. The lowest BCUT2D eigenvalue weighted by Gasteiger charge is -2.37. The van der Waals surface area contributed by atoms with Gasteiger partial charge in [-0.3, -0.25) is 4.79 Å². The Kier molecular flexibility index (Phi) is 6.63. The van der Waals surface area contributed by atoms with Crippen molar-refractivity contribution >= 4 is 24.0 Å². The minimum Gasteiger partial charge on any atom is -0.381 e. The Balaban J connectivity index is 0.00000264. The molecule has 1 heterocycles. The minimum atomic E-state index is -0.476. The summed E-state index contributed by atoms with van der Waals surface area (Å²) in [5.41, 5.74) is 7.74. The summed E-state index contributed by atoms with van der Waals surface area (Å²) in [5, 5.41) is 0. The average molecular weight is 341 g/mol. The third kappa shape index (κ3) is 4.25. The zero-order chi connectivity index (χ0) is 16.4. The van der Waals surface area contributed by atoms with Crippen LogP contribution in [-0.2, 0) is 14.9 Å². The maximum Gasteiger partial charge on any atom is 0.234 e. The Morgan fingerprint density at radius 3 is 2.17 bits per heavy atom. The van der Waals surface area contributed by atoms with Crippen LogP contribution in [0.15, 0.2) is 24.3 Å². The molecule has 4 nitrogen and oxygen atoms in total. The van der Waals surface area contributed by atoms with Crippen molar-refractivity contribution in [3.63, 3.8) is 0 Å². The largest absolute Gasteiger partial charge is 0.381 e. The number of benzene rings is 1. The van der Waals surface area contributed by atoms with Crippen LogP contribution < -0.4 is 10.6 Å². The highest BCUT2D eigenvalue weighted by Gasteiger charge is 2.40. The van der Waals surface area contributed by atoms with E-state index >= 15 is 0 Å². The summed E-state index contributed by atoms with van der Waals surface area (Å²) in [6.07, 6.45) is 1.40. The van der Waals surface area contributed by atoms with Gasteiger partial charge in [-0.1, -0.05) is 32.9 Å². The zero-order valence-electron chi connectivity index (χ0n) is 14.6. The molecular formula is C18H29ClN2O2. The molecule has 0 aromatic heterocycles. The number of carbonyl (C=O) groups excluding carboxylic acids is 1. The first-order chi connectivity index (χ1) is 10.3. The number of nitrogens with zero attached hydrogens (tertiary/aromatic N) is 1. The van der Waals surface area contributed by atoms with Gasteiger partial charge < -0.3 is 15.4 Å². The lowest BCUT2D eigenvalue weighted by molar-refractivity contribution is -0.132. The van der Waals surface area contributed by atoms with Crippen molar-refractivity contribution in [2.24, 2.45) is 11.1 Å². The lowest BCUT2D eigenvalue weighted by Crippen LogP contribution is -2.49. The van der Waals surface area contributed by atoms with Crippen LogP contribution in [0.4, 0.5) is 5.69 Å². The van der Waals surface area contributed by atoms with Gasteiger partial charge in [0, 0.05) is 32.5 Å². The first kappa shape index (κ1) is 19.9. The van der Waals surface area contributed by atoms with E-state index in [1.165, 1.54) is 5.56 Å². The molecular weight excluding hydrogens is 312 g/mol. The topological polar surface area (TPSA) is 55.6 Å². The van der Waals surface area contributed by atoms with E-state index in [0.29, 0.717) is 32.6 Å². The van der Waals surface area contributed by atoms with Crippen molar-refractivity contribution in [3.05, 3.63) is 29.8 Å². The first-order valence-corrected chi connectivity index (χ1v) is 7.97. The Morgan fingerprint density at radius 2 is 1.74 bits per heavy atom. The zero-order valence-corrected chi connectivity index (χ0v) is 15.4. The third-order valence-electron chi connectivity index (χ3n) is 4.72. The van der Waals surface area contributed by atoms with Gasteiger partial charge in [0.1, 0.15) is 0 Å². The standard InChI is InChI=1S/C18H28N2O2.ClH/c1-17(2,3)14-5-7-15(8-6-14)20(4)16(21)18(13-19)9-11-22-12-10-18;/h5-8H,9-13,19H2,1-4H3;1H. The normalized spacial score (nSPS) is 17.3. The first-order valence-electron chi connectivity index (χ1n) is 7.97. The van der Waals surface area contributed by atoms with Crippen LogP contribution in [0, 0.1) is 5.41 Å². The van der Waals surface area contributed by atoms with E-state index in [9.17, 15) is 4.79 Å². The molecule has 0 radical (unpaired) electrons. The van der Waals surface area contributed by atoms with Crippen molar-refractivity contribution < 1.29 is 9.53 Å². The molecule has 130 valence electrons. The summed E-state index contributed by atoms with van der Waals surface area (Å²) in [4.78, 5) is 14.7. The monoisotopic (exact) mass is 340 g/mol. The van der Waals surface area contributed by atoms with Crippen LogP contribution in [0.2, 0.25) is 0 Å².